The van der Waals surface area contributed by atoms with Gasteiger partial charge in [0.2, 0.25) is 5.88 Å². The molecule has 5 aromatic rings. The van der Waals surface area contributed by atoms with Gasteiger partial charge in [0.25, 0.3) is 0 Å². The predicted octanol–water partition coefficient (Wildman–Crippen LogP) is 7.74. The fourth-order valence-electron chi connectivity index (χ4n) is 4.67. The molecular formula is C33H24N2O3. The molecule has 0 N–H and O–H groups in total. The van der Waals surface area contributed by atoms with Gasteiger partial charge in [0.05, 0.1) is 23.5 Å². The Kier molecular flexibility index (Phi) is 6.24. The number of fused-ring (bicyclic) bond motifs is 1. The maximum atomic E-state index is 12.9. The summed E-state index contributed by atoms with van der Waals surface area (Å²) in [4.78, 5) is 21.9. The fraction of sp³-hybridized carbons (Fsp3) is 0.0606. The van der Waals surface area contributed by atoms with Crippen molar-refractivity contribution in [3.05, 3.63) is 151 Å². The van der Waals surface area contributed by atoms with Crippen molar-refractivity contribution in [2.45, 2.75) is 11.8 Å². The molecule has 1 atom stereocenters. The van der Waals surface area contributed by atoms with Crippen molar-refractivity contribution >= 4 is 22.4 Å². The Morgan fingerprint density at radius 2 is 1.68 bits per heavy atom. The highest BCUT2D eigenvalue weighted by atomic mass is 16.5. The standard InChI is InChI=1S/C33H24N2O3/c36-30(24-8-2-1-3-9-24)18-20-33(19-6-10-25(22-33)31-13-7-21-37-31)26-14-16-27(17-15-26)38-32-23-34-28-11-4-5-12-29(28)35-32/h1-21,23H,22H2. The van der Waals surface area contributed by atoms with Crippen LogP contribution >= 0.6 is 0 Å². The van der Waals surface area contributed by atoms with Gasteiger partial charge in [-0.25, -0.2) is 9.97 Å². The van der Waals surface area contributed by atoms with Crippen LogP contribution in [-0.2, 0) is 5.41 Å². The number of ketones is 1. The number of hydrogen-bond donors (Lipinski definition) is 0. The number of benzene rings is 3. The van der Waals surface area contributed by atoms with Crippen LogP contribution in [0.5, 0.6) is 11.6 Å². The van der Waals surface area contributed by atoms with E-state index in [0.29, 0.717) is 23.6 Å². The summed E-state index contributed by atoms with van der Waals surface area (Å²) in [5.74, 6) is 1.86. The number of rotatable bonds is 7. The highest BCUT2D eigenvalue weighted by molar-refractivity contribution is 6.04. The van der Waals surface area contributed by atoms with Crippen LogP contribution in [0.1, 0.15) is 28.1 Å². The summed E-state index contributed by atoms with van der Waals surface area (Å²) in [5, 5.41) is 0. The summed E-state index contributed by atoms with van der Waals surface area (Å²) in [5.41, 5.74) is 3.79. The summed E-state index contributed by atoms with van der Waals surface area (Å²) in [7, 11) is 0. The average molecular weight is 497 g/mol. The van der Waals surface area contributed by atoms with Crippen LogP contribution in [0.4, 0.5) is 0 Å². The first-order valence-corrected chi connectivity index (χ1v) is 12.4. The van der Waals surface area contributed by atoms with E-state index in [9.17, 15) is 4.79 Å². The molecule has 3 aromatic carbocycles. The second-order valence-electron chi connectivity index (χ2n) is 9.13. The highest BCUT2D eigenvalue weighted by Crippen LogP contribution is 2.41. The van der Waals surface area contributed by atoms with Gasteiger partial charge in [-0.15, -0.1) is 0 Å². The zero-order valence-electron chi connectivity index (χ0n) is 20.5. The molecule has 184 valence electrons. The third-order valence-electron chi connectivity index (χ3n) is 6.64. The molecule has 38 heavy (non-hydrogen) atoms. The normalized spacial score (nSPS) is 17.0. The maximum absolute atomic E-state index is 12.9. The minimum Gasteiger partial charge on any atom is -0.465 e. The Morgan fingerprint density at radius 3 is 2.47 bits per heavy atom. The second-order valence-corrected chi connectivity index (χ2v) is 9.13. The molecule has 0 saturated heterocycles. The van der Waals surface area contributed by atoms with E-state index in [0.717, 1.165) is 27.9 Å². The number of ether oxygens (including phenoxy) is 1. The van der Waals surface area contributed by atoms with Gasteiger partial charge in [-0.2, -0.15) is 0 Å². The quantitative estimate of drug-likeness (QED) is 0.170. The molecule has 2 heterocycles. The summed E-state index contributed by atoms with van der Waals surface area (Å²) < 4.78 is 11.7. The summed E-state index contributed by atoms with van der Waals surface area (Å²) in [6.07, 6.45) is 13.8. The number of carbonyl (C=O) groups excluding carboxylic acids is 1. The van der Waals surface area contributed by atoms with Gasteiger partial charge in [-0.1, -0.05) is 78.9 Å². The second kappa shape index (κ2) is 10.1. The summed E-state index contributed by atoms with van der Waals surface area (Å²) in [6.45, 7) is 0. The SMILES string of the molecule is O=C(C=CC1(c2ccc(Oc3cnc4ccccc4n3)cc2)C=CC=C(c2ccco2)C1)c1ccccc1. The van der Waals surface area contributed by atoms with Crippen molar-refractivity contribution in [2.24, 2.45) is 0 Å². The number of furan rings is 1. The van der Waals surface area contributed by atoms with E-state index in [4.69, 9.17) is 9.15 Å². The van der Waals surface area contributed by atoms with Crippen molar-refractivity contribution in [2.75, 3.05) is 0 Å². The number of aromatic nitrogens is 2. The lowest BCUT2D eigenvalue weighted by Gasteiger charge is -2.31. The Morgan fingerprint density at radius 1 is 0.895 bits per heavy atom. The molecule has 6 rings (SSSR count). The zero-order valence-corrected chi connectivity index (χ0v) is 20.5. The van der Waals surface area contributed by atoms with Gasteiger partial charge in [0.1, 0.15) is 11.5 Å². The molecule has 0 aliphatic heterocycles. The molecule has 5 nitrogen and oxygen atoms in total. The minimum atomic E-state index is -0.539. The predicted molar refractivity (Wildman–Crippen MR) is 148 cm³/mol. The van der Waals surface area contributed by atoms with E-state index in [1.165, 1.54) is 0 Å². The first kappa shape index (κ1) is 23.4. The molecule has 0 bridgehead atoms. The van der Waals surface area contributed by atoms with E-state index in [2.05, 4.69) is 22.1 Å². The molecule has 0 fully saturated rings. The van der Waals surface area contributed by atoms with Gasteiger partial charge < -0.3 is 9.15 Å². The number of carbonyl (C=O) groups is 1. The molecule has 2 aromatic heterocycles. The lowest BCUT2D eigenvalue weighted by Crippen LogP contribution is -2.23. The number of nitrogens with zero attached hydrogens (tertiary/aromatic N) is 2. The van der Waals surface area contributed by atoms with Crippen molar-refractivity contribution in [1.82, 2.24) is 9.97 Å². The third-order valence-corrected chi connectivity index (χ3v) is 6.64. The average Bonchev–Trinajstić information content (AvgIpc) is 3.52. The first-order chi connectivity index (χ1) is 18.7. The summed E-state index contributed by atoms with van der Waals surface area (Å²) in [6, 6.07) is 28.7. The van der Waals surface area contributed by atoms with Gasteiger partial charge in [0.15, 0.2) is 5.78 Å². The van der Waals surface area contributed by atoms with Crippen molar-refractivity contribution in [3.63, 3.8) is 0 Å². The van der Waals surface area contributed by atoms with Gasteiger partial charge >= 0.3 is 0 Å². The number of allylic oxidation sites excluding steroid dienone is 6. The van der Waals surface area contributed by atoms with Gasteiger partial charge in [-0.3, -0.25) is 4.79 Å². The van der Waals surface area contributed by atoms with Crippen LogP contribution in [-0.4, -0.2) is 15.8 Å². The van der Waals surface area contributed by atoms with Crippen molar-refractivity contribution in [1.29, 1.82) is 0 Å². The van der Waals surface area contributed by atoms with E-state index in [1.54, 1.807) is 18.5 Å². The molecule has 0 saturated carbocycles. The molecular weight excluding hydrogens is 472 g/mol. The summed E-state index contributed by atoms with van der Waals surface area (Å²) >= 11 is 0. The zero-order chi connectivity index (χ0) is 25.8. The van der Waals surface area contributed by atoms with Crippen molar-refractivity contribution < 1.29 is 13.9 Å². The van der Waals surface area contributed by atoms with Crippen LogP contribution < -0.4 is 4.74 Å². The van der Waals surface area contributed by atoms with Crippen molar-refractivity contribution in [3.8, 4) is 11.6 Å². The smallest absolute Gasteiger partial charge is 0.238 e. The van der Waals surface area contributed by atoms with E-state index in [-0.39, 0.29) is 5.78 Å². The Labute approximate surface area is 220 Å². The van der Waals surface area contributed by atoms with Crippen LogP contribution in [0.15, 0.2) is 138 Å². The Hall–Kier alpha value is -5.03. The minimum absolute atomic E-state index is 0.0395. The maximum Gasteiger partial charge on any atom is 0.238 e. The van der Waals surface area contributed by atoms with Gasteiger partial charge in [0, 0.05) is 11.0 Å². The lowest BCUT2D eigenvalue weighted by atomic mass is 9.72. The molecule has 1 aliphatic carbocycles. The highest BCUT2D eigenvalue weighted by Gasteiger charge is 2.31. The molecule has 0 amide bonds. The molecule has 0 spiro atoms. The van der Waals surface area contributed by atoms with Gasteiger partial charge in [-0.05, 0) is 60.0 Å². The molecule has 1 unspecified atom stereocenters. The molecule has 1 aliphatic rings. The van der Waals surface area contributed by atoms with Crippen LogP contribution in [0, 0.1) is 0 Å². The van der Waals surface area contributed by atoms with Crippen LogP contribution in [0.25, 0.3) is 16.6 Å². The molecule has 5 heteroatoms. The number of hydrogen-bond acceptors (Lipinski definition) is 5. The lowest BCUT2D eigenvalue weighted by molar-refractivity contribution is 0.104. The van der Waals surface area contributed by atoms with E-state index < -0.39 is 5.41 Å². The monoisotopic (exact) mass is 496 g/mol. The van der Waals surface area contributed by atoms with E-state index >= 15 is 0 Å². The Bertz CT molecular complexity index is 1670. The first-order valence-electron chi connectivity index (χ1n) is 12.4. The number of para-hydroxylation sites is 2. The third kappa shape index (κ3) is 4.82. The fourth-order valence-corrected chi connectivity index (χ4v) is 4.67. The topological polar surface area (TPSA) is 65.2 Å². The molecule has 0 radical (unpaired) electrons. The van der Waals surface area contributed by atoms with E-state index in [1.807, 2.05) is 103 Å². The van der Waals surface area contributed by atoms with Crippen LogP contribution in [0.3, 0.4) is 0 Å². The van der Waals surface area contributed by atoms with Crippen LogP contribution in [0.2, 0.25) is 0 Å². The largest absolute Gasteiger partial charge is 0.465 e. The Balaban J connectivity index is 1.30.